The average molecular weight is 364 g/mol. The Labute approximate surface area is 159 Å². The Bertz CT molecular complexity index is 843. The zero-order valence-electron chi connectivity index (χ0n) is 15.2. The second-order valence-corrected chi connectivity index (χ2v) is 8.15. The third-order valence-electron chi connectivity index (χ3n) is 5.06. The van der Waals surface area contributed by atoms with Crippen LogP contribution in [0.3, 0.4) is 0 Å². The number of hydrogen-bond donors (Lipinski definition) is 2. The maximum atomic E-state index is 4.18. The van der Waals surface area contributed by atoms with E-state index in [4.69, 9.17) is 0 Å². The Morgan fingerprint density at radius 1 is 1.15 bits per heavy atom. The van der Waals surface area contributed by atoms with E-state index in [-0.39, 0.29) is 0 Å². The van der Waals surface area contributed by atoms with Crippen LogP contribution in [0.1, 0.15) is 24.6 Å². The van der Waals surface area contributed by atoms with Gasteiger partial charge in [0.2, 0.25) is 0 Å². The minimum atomic E-state index is 0.779. The molecular weight excluding hydrogens is 338 g/mol. The number of aromatic amines is 1. The second-order valence-electron chi connectivity index (χ2n) is 6.83. The van der Waals surface area contributed by atoms with Gasteiger partial charge in [0.15, 0.2) is 0 Å². The van der Waals surface area contributed by atoms with Crippen LogP contribution in [0.5, 0.6) is 0 Å². The van der Waals surface area contributed by atoms with Crippen molar-refractivity contribution in [3.05, 3.63) is 66.1 Å². The minimum Gasteiger partial charge on any atom is -0.356 e. The number of thioether (sulfide) groups is 1. The molecule has 4 rings (SSSR count). The Balaban J connectivity index is 1.70. The standard InChI is InChI=1S/C22H25N3S/c1-2-26-15-16-8-9-19-20(14-16)25-21(17-10-12-23-13-11-17)22(19)24-18-6-4-3-5-7-18/h3-7,10-13,16,24-25H,2,8-9,14-15H2,1H3. The molecule has 3 aromatic rings. The van der Waals surface area contributed by atoms with Crippen molar-refractivity contribution in [1.29, 1.82) is 0 Å². The Morgan fingerprint density at radius 3 is 2.73 bits per heavy atom. The molecule has 2 heterocycles. The van der Waals surface area contributed by atoms with Gasteiger partial charge in [0.1, 0.15) is 0 Å². The molecule has 3 nitrogen and oxygen atoms in total. The first-order chi connectivity index (χ1) is 12.8. The van der Waals surface area contributed by atoms with Crippen LogP contribution in [0.2, 0.25) is 0 Å². The molecule has 0 saturated heterocycles. The molecule has 26 heavy (non-hydrogen) atoms. The van der Waals surface area contributed by atoms with Crippen LogP contribution in [0.15, 0.2) is 54.9 Å². The van der Waals surface area contributed by atoms with Gasteiger partial charge in [0.25, 0.3) is 0 Å². The van der Waals surface area contributed by atoms with E-state index in [9.17, 15) is 0 Å². The molecule has 1 atom stereocenters. The summed E-state index contributed by atoms with van der Waals surface area (Å²) < 4.78 is 0. The van der Waals surface area contributed by atoms with Crippen molar-refractivity contribution in [1.82, 2.24) is 9.97 Å². The number of H-pyrrole nitrogens is 1. The molecule has 1 aliphatic rings. The van der Waals surface area contributed by atoms with Crippen LogP contribution >= 0.6 is 11.8 Å². The Kier molecular flexibility index (Phi) is 5.30. The summed E-state index contributed by atoms with van der Waals surface area (Å²) in [4.78, 5) is 7.92. The van der Waals surface area contributed by atoms with E-state index in [0.717, 1.165) is 24.4 Å². The quantitative estimate of drug-likeness (QED) is 0.592. The van der Waals surface area contributed by atoms with Crippen LogP contribution in [-0.2, 0) is 12.8 Å². The fourth-order valence-corrected chi connectivity index (χ4v) is 4.60. The van der Waals surface area contributed by atoms with E-state index in [0.29, 0.717) is 0 Å². The number of nitrogens with one attached hydrogen (secondary N) is 2. The predicted octanol–water partition coefficient (Wildman–Crippen LogP) is 5.68. The summed E-state index contributed by atoms with van der Waals surface area (Å²) in [6.07, 6.45) is 7.29. The number of hydrogen-bond acceptors (Lipinski definition) is 3. The summed E-state index contributed by atoms with van der Waals surface area (Å²) in [5.41, 5.74) is 7.60. The van der Waals surface area contributed by atoms with E-state index in [2.05, 4.69) is 76.4 Å². The number of nitrogens with zero attached hydrogens (tertiary/aromatic N) is 1. The van der Waals surface area contributed by atoms with Gasteiger partial charge in [-0.2, -0.15) is 11.8 Å². The lowest BCUT2D eigenvalue weighted by molar-refractivity contribution is 0.505. The lowest BCUT2D eigenvalue weighted by Crippen LogP contribution is -2.16. The summed E-state index contributed by atoms with van der Waals surface area (Å²) in [6, 6.07) is 14.6. The first-order valence-electron chi connectivity index (χ1n) is 9.39. The molecule has 1 aliphatic carbocycles. The largest absolute Gasteiger partial charge is 0.356 e. The summed E-state index contributed by atoms with van der Waals surface area (Å²) in [6.45, 7) is 2.25. The van der Waals surface area contributed by atoms with Gasteiger partial charge in [-0.1, -0.05) is 25.1 Å². The lowest BCUT2D eigenvalue weighted by atomic mass is 9.88. The van der Waals surface area contributed by atoms with Crippen LogP contribution < -0.4 is 5.32 Å². The van der Waals surface area contributed by atoms with Crippen molar-refractivity contribution < 1.29 is 0 Å². The van der Waals surface area contributed by atoms with E-state index in [1.54, 1.807) is 0 Å². The van der Waals surface area contributed by atoms with E-state index in [1.165, 1.54) is 46.1 Å². The first kappa shape index (κ1) is 17.2. The number of aromatic nitrogens is 2. The SMILES string of the molecule is CCSCC1CCc2c([nH]c(-c3ccncc3)c2Nc2ccccc2)C1. The molecule has 0 amide bonds. The molecule has 2 aromatic heterocycles. The Hall–Kier alpha value is -2.20. The predicted molar refractivity (Wildman–Crippen MR) is 112 cm³/mol. The topological polar surface area (TPSA) is 40.7 Å². The third kappa shape index (κ3) is 3.65. The van der Waals surface area contributed by atoms with Gasteiger partial charge >= 0.3 is 0 Å². The molecule has 2 N–H and O–H groups in total. The molecule has 0 aliphatic heterocycles. The number of fused-ring (bicyclic) bond motifs is 1. The first-order valence-corrected chi connectivity index (χ1v) is 10.5. The van der Waals surface area contributed by atoms with Crippen LogP contribution in [-0.4, -0.2) is 21.5 Å². The highest BCUT2D eigenvalue weighted by atomic mass is 32.2. The highest BCUT2D eigenvalue weighted by Gasteiger charge is 2.25. The van der Waals surface area contributed by atoms with Gasteiger partial charge in [-0.25, -0.2) is 0 Å². The van der Waals surface area contributed by atoms with E-state index in [1.807, 2.05) is 12.4 Å². The van der Waals surface area contributed by atoms with E-state index < -0.39 is 0 Å². The van der Waals surface area contributed by atoms with Crippen LogP contribution in [0, 0.1) is 5.92 Å². The molecule has 0 radical (unpaired) electrons. The van der Waals surface area contributed by atoms with Gasteiger partial charge in [0.05, 0.1) is 11.4 Å². The summed E-state index contributed by atoms with van der Waals surface area (Å²) in [5, 5.41) is 3.68. The summed E-state index contributed by atoms with van der Waals surface area (Å²) >= 11 is 2.06. The maximum absolute atomic E-state index is 4.18. The van der Waals surface area contributed by atoms with Crippen LogP contribution in [0.25, 0.3) is 11.3 Å². The number of rotatable bonds is 6. The van der Waals surface area contributed by atoms with Crippen molar-refractivity contribution >= 4 is 23.1 Å². The maximum Gasteiger partial charge on any atom is 0.0699 e. The number of benzene rings is 1. The fraction of sp³-hybridized carbons (Fsp3) is 0.318. The fourth-order valence-electron chi connectivity index (χ4n) is 3.75. The summed E-state index contributed by atoms with van der Waals surface area (Å²) in [7, 11) is 0. The highest BCUT2D eigenvalue weighted by Crippen LogP contribution is 2.40. The number of anilines is 2. The Morgan fingerprint density at radius 2 is 1.96 bits per heavy atom. The molecule has 0 bridgehead atoms. The van der Waals surface area contributed by atoms with Crippen LogP contribution in [0.4, 0.5) is 11.4 Å². The lowest BCUT2D eigenvalue weighted by Gasteiger charge is -2.22. The zero-order valence-corrected chi connectivity index (χ0v) is 16.0. The molecule has 1 aromatic carbocycles. The molecule has 134 valence electrons. The average Bonchev–Trinajstić information content (AvgIpc) is 3.05. The number of pyridine rings is 1. The molecule has 0 spiro atoms. The zero-order chi connectivity index (χ0) is 17.8. The minimum absolute atomic E-state index is 0.779. The molecule has 0 fully saturated rings. The third-order valence-corrected chi connectivity index (χ3v) is 6.17. The van der Waals surface area contributed by atoms with Crippen molar-refractivity contribution in [3.8, 4) is 11.3 Å². The van der Waals surface area contributed by atoms with Crippen molar-refractivity contribution in [3.63, 3.8) is 0 Å². The van der Waals surface area contributed by atoms with Gasteiger partial charge in [-0.15, -0.1) is 0 Å². The normalized spacial score (nSPS) is 16.3. The van der Waals surface area contributed by atoms with Gasteiger partial charge < -0.3 is 10.3 Å². The van der Waals surface area contributed by atoms with Crippen molar-refractivity contribution in [2.45, 2.75) is 26.2 Å². The van der Waals surface area contributed by atoms with Gasteiger partial charge in [-0.05, 0) is 66.5 Å². The van der Waals surface area contributed by atoms with Crippen molar-refractivity contribution in [2.75, 3.05) is 16.8 Å². The molecule has 4 heteroatoms. The number of para-hydroxylation sites is 1. The summed E-state index contributed by atoms with van der Waals surface area (Å²) in [5.74, 6) is 3.25. The van der Waals surface area contributed by atoms with Gasteiger partial charge in [0, 0.05) is 29.3 Å². The van der Waals surface area contributed by atoms with Crippen molar-refractivity contribution in [2.24, 2.45) is 5.92 Å². The molecular formula is C22H25N3S. The molecule has 1 unspecified atom stereocenters. The van der Waals surface area contributed by atoms with E-state index >= 15 is 0 Å². The van der Waals surface area contributed by atoms with Gasteiger partial charge in [-0.3, -0.25) is 4.98 Å². The molecule has 0 saturated carbocycles. The smallest absolute Gasteiger partial charge is 0.0699 e. The highest BCUT2D eigenvalue weighted by molar-refractivity contribution is 7.99. The second kappa shape index (κ2) is 8.00. The monoisotopic (exact) mass is 363 g/mol.